The van der Waals surface area contributed by atoms with Gasteiger partial charge in [-0.2, -0.15) is 0 Å². The van der Waals surface area contributed by atoms with E-state index in [0.717, 1.165) is 33.5 Å². The van der Waals surface area contributed by atoms with Gasteiger partial charge in [-0.25, -0.2) is 9.97 Å². The van der Waals surface area contributed by atoms with Gasteiger partial charge in [-0.05, 0) is 97.0 Å². The van der Waals surface area contributed by atoms with E-state index in [0.29, 0.717) is 5.95 Å². The smallest absolute Gasteiger partial charge is 0.235 e. The van der Waals surface area contributed by atoms with Gasteiger partial charge in [0, 0.05) is 21.9 Å². The Morgan fingerprint density at radius 1 is 0.291 bits per heavy atom. The van der Waals surface area contributed by atoms with E-state index in [1.165, 1.54) is 65.3 Å². The van der Waals surface area contributed by atoms with E-state index in [2.05, 4.69) is 193 Å². The first-order valence-electron chi connectivity index (χ1n) is 18.7. The van der Waals surface area contributed by atoms with E-state index in [4.69, 9.17) is 9.97 Å². The van der Waals surface area contributed by atoms with Crippen molar-refractivity contribution in [1.29, 1.82) is 0 Å². The number of fused-ring (bicyclic) bond motifs is 7. The Hall–Kier alpha value is -7.36. The zero-order chi connectivity index (χ0) is 36.3. The van der Waals surface area contributed by atoms with Crippen molar-refractivity contribution in [3.63, 3.8) is 0 Å². The topological polar surface area (TPSA) is 30.7 Å². The SMILES string of the molecule is c1ccc(-c2cc(-c3ccccc3)nc(-n3c4ccccc4c4c5cc(-c6ccc7ccc(-c8ccc9ccccc9c8)cc7c6)ccc5ccc43)n2)cc1. The Morgan fingerprint density at radius 2 is 0.782 bits per heavy atom. The Bertz CT molecular complexity index is 3190. The molecule has 0 aliphatic heterocycles. The lowest BCUT2D eigenvalue weighted by Crippen LogP contribution is -2.03. The number of hydrogen-bond acceptors (Lipinski definition) is 2. The molecule has 0 saturated heterocycles. The predicted octanol–water partition coefficient (Wildman–Crippen LogP) is 13.7. The average molecular weight is 700 g/mol. The molecule has 0 radical (unpaired) electrons. The second-order valence-corrected chi connectivity index (χ2v) is 14.3. The fourth-order valence-corrected chi connectivity index (χ4v) is 8.21. The van der Waals surface area contributed by atoms with Gasteiger partial charge in [0.05, 0.1) is 22.4 Å². The normalized spacial score (nSPS) is 11.6. The van der Waals surface area contributed by atoms with Gasteiger partial charge in [0.25, 0.3) is 0 Å². The third kappa shape index (κ3) is 5.36. The molecule has 3 heteroatoms. The summed E-state index contributed by atoms with van der Waals surface area (Å²) in [5.74, 6) is 0.652. The minimum absolute atomic E-state index is 0.652. The molecule has 0 fully saturated rings. The fourth-order valence-electron chi connectivity index (χ4n) is 8.21. The van der Waals surface area contributed by atoms with E-state index < -0.39 is 0 Å². The van der Waals surface area contributed by atoms with Gasteiger partial charge >= 0.3 is 0 Å². The second kappa shape index (κ2) is 12.6. The molecule has 0 unspecified atom stereocenters. The molecule has 0 bridgehead atoms. The molecule has 0 saturated carbocycles. The van der Waals surface area contributed by atoms with Crippen molar-refractivity contribution in [2.24, 2.45) is 0 Å². The molecule has 2 aromatic heterocycles. The van der Waals surface area contributed by atoms with Gasteiger partial charge in [-0.1, -0.05) is 158 Å². The van der Waals surface area contributed by atoms with Crippen molar-refractivity contribution in [2.45, 2.75) is 0 Å². The first-order valence-corrected chi connectivity index (χ1v) is 18.7. The summed E-state index contributed by atoms with van der Waals surface area (Å²) < 4.78 is 2.24. The van der Waals surface area contributed by atoms with E-state index in [1.54, 1.807) is 0 Å². The van der Waals surface area contributed by atoms with Crippen LogP contribution in [0.4, 0.5) is 0 Å². The van der Waals surface area contributed by atoms with E-state index in [9.17, 15) is 0 Å². The van der Waals surface area contributed by atoms with Gasteiger partial charge in [-0.3, -0.25) is 4.57 Å². The molecule has 11 aromatic rings. The molecular formula is C52H33N3. The largest absolute Gasteiger partial charge is 0.278 e. The minimum atomic E-state index is 0.652. The summed E-state index contributed by atoms with van der Waals surface area (Å²) in [5.41, 5.74) is 10.9. The zero-order valence-corrected chi connectivity index (χ0v) is 29.9. The van der Waals surface area contributed by atoms with Crippen LogP contribution in [0.3, 0.4) is 0 Å². The number of nitrogens with zero attached hydrogens (tertiary/aromatic N) is 3. The molecule has 0 aliphatic rings. The number of benzene rings is 9. The minimum Gasteiger partial charge on any atom is -0.278 e. The molecule has 9 aromatic carbocycles. The summed E-state index contributed by atoms with van der Waals surface area (Å²) in [6, 6.07) is 71.7. The lowest BCUT2D eigenvalue weighted by atomic mass is 9.95. The van der Waals surface area contributed by atoms with Crippen LogP contribution in [0.2, 0.25) is 0 Å². The molecule has 0 N–H and O–H groups in total. The highest BCUT2D eigenvalue weighted by atomic mass is 15.2. The third-order valence-electron chi connectivity index (χ3n) is 11.0. The van der Waals surface area contributed by atoms with Crippen LogP contribution in [0.5, 0.6) is 0 Å². The summed E-state index contributed by atoms with van der Waals surface area (Å²) in [6.45, 7) is 0. The van der Waals surface area contributed by atoms with Crippen molar-refractivity contribution in [1.82, 2.24) is 14.5 Å². The standard InChI is InChI=1S/C52H33N3/c1-3-12-37(13-4-1)47-33-48(38-14-5-2-6-15-38)54-52(53-47)55-49-18-10-9-17-45(49)51-46-32-43(26-22-36(46)27-28-50(51)55)42-25-21-35-20-24-41(30-44(35)31-42)40-23-19-34-11-7-8-16-39(34)29-40/h1-33H. The summed E-state index contributed by atoms with van der Waals surface area (Å²) in [6.07, 6.45) is 0. The summed E-state index contributed by atoms with van der Waals surface area (Å²) in [4.78, 5) is 10.5. The van der Waals surface area contributed by atoms with Crippen LogP contribution in [0.1, 0.15) is 0 Å². The van der Waals surface area contributed by atoms with Gasteiger partial charge in [0.1, 0.15) is 0 Å². The maximum Gasteiger partial charge on any atom is 0.235 e. The molecule has 0 spiro atoms. The summed E-state index contributed by atoms with van der Waals surface area (Å²) >= 11 is 0. The number of rotatable bonds is 5. The van der Waals surface area contributed by atoms with Crippen LogP contribution in [-0.4, -0.2) is 14.5 Å². The maximum absolute atomic E-state index is 5.24. The van der Waals surface area contributed by atoms with E-state index in [1.807, 2.05) is 12.1 Å². The van der Waals surface area contributed by atoms with Crippen LogP contribution in [0, 0.1) is 0 Å². The molecule has 0 amide bonds. The number of aromatic nitrogens is 3. The van der Waals surface area contributed by atoms with Crippen LogP contribution >= 0.6 is 0 Å². The van der Waals surface area contributed by atoms with Gasteiger partial charge in [0.2, 0.25) is 5.95 Å². The Balaban J connectivity index is 1.08. The number of para-hydroxylation sites is 1. The Morgan fingerprint density at radius 3 is 1.44 bits per heavy atom. The van der Waals surface area contributed by atoms with Crippen molar-refractivity contribution in [2.75, 3.05) is 0 Å². The highest BCUT2D eigenvalue weighted by Crippen LogP contribution is 2.39. The highest BCUT2D eigenvalue weighted by molar-refractivity contribution is 6.21. The highest BCUT2D eigenvalue weighted by Gasteiger charge is 2.19. The quantitative estimate of drug-likeness (QED) is 0.179. The molecule has 11 rings (SSSR count). The van der Waals surface area contributed by atoms with E-state index in [-0.39, 0.29) is 0 Å². The predicted molar refractivity (Wildman–Crippen MR) is 231 cm³/mol. The first kappa shape index (κ1) is 31.2. The molecule has 55 heavy (non-hydrogen) atoms. The third-order valence-corrected chi connectivity index (χ3v) is 11.0. The molecule has 3 nitrogen and oxygen atoms in total. The van der Waals surface area contributed by atoms with Crippen molar-refractivity contribution >= 4 is 54.1 Å². The maximum atomic E-state index is 5.24. The van der Waals surface area contributed by atoms with Crippen molar-refractivity contribution in [3.8, 4) is 50.7 Å². The molecule has 0 aliphatic carbocycles. The molecule has 256 valence electrons. The Labute approximate surface area is 318 Å². The lowest BCUT2D eigenvalue weighted by Gasteiger charge is -2.12. The van der Waals surface area contributed by atoms with Crippen LogP contribution in [0.15, 0.2) is 200 Å². The van der Waals surface area contributed by atoms with Crippen LogP contribution < -0.4 is 0 Å². The Kier molecular flexibility index (Phi) is 7.17. The van der Waals surface area contributed by atoms with Crippen LogP contribution in [-0.2, 0) is 0 Å². The molecular weight excluding hydrogens is 667 g/mol. The van der Waals surface area contributed by atoms with Crippen molar-refractivity contribution in [3.05, 3.63) is 200 Å². The second-order valence-electron chi connectivity index (χ2n) is 14.3. The van der Waals surface area contributed by atoms with Crippen LogP contribution in [0.25, 0.3) is 105 Å². The van der Waals surface area contributed by atoms with Gasteiger partial charge in [-0.15, -0.1) is 0 Å². The summed E-state index contributed by atoms with van der Waals surface area (Å²) in [5, 5.41) is 9.74. The zero-order valence-electron chi connectivity index (χ0n) is 29.9. The molecule has 2 heterocycles. The number of hydrogen-bond donors (Lipinski definition) is 0. The van der Waals surface area contributed by atoms with Gasteiger partial charge < -0.3 is 0 Å². The van der Waals surface area contributed by atoms with Gasteiger partial charge in [0.15, 0.2) is 0 Å². The average Bonchev–Trinajstić information content (AvgIpc) is 3.61. The first-order chi connectivity index (χ1) is 27.2. The lowest BCUT2D eigenvalue weighted by molar-refractivity contribution is 0.996. The monoisotopic (exact) mass is 699 g/mol. The van der Waals surface area contributed by atoms with Crippen molar-refractivity contribution < 1.29 is 0 Å². The molecule has 0 atom stereocenters. The summed E-state index contributed by atoms with van der Waals surface area (Å²) in [7, 11) is 0. The fraction of sp³-hybridized carbons (Fsp3) is 0. The van der Waals surface area contributed by atoms with E-state index >= 15 is 0 Å².